The Morgan fingerprint density at radius 1 is 1.44 bits per heavy atom. The van der Waals surface area contributed by atoms with Crippen LogP contribution in [0.25, 0.3) is 10.2 Å². The molecular formula is C10H9F3N2OS2. The van der Waals surface area contributed by atoms with Crippen LogP contribution in [-0.2, 0) is 0 Å². The number of alkyl halides is 3. The summed E-state index contributed by atoms with van der Waals surface area (Å²) in [4.78, 5) is 8.04. The van der Waals surface area contributed by atoms with Crippen molar-refractivity contribution < 1.29 is 18.3 Å². The summed E-state index contributed by atoms with van der Waals surface area (Å²) < 4.78 is 37.3. The van der Waals surface area contributed by atoms with Gasteiger partial charge in [-0.25, -0.2) is 9.97 Å². The van der Waals surface area contributed by atoms with Crippen molar-refractivity contribution in [2.75, 3.05) is 5.75 Å². The van der Waals surface area contributed by atoms with Gasteiger partial charge in [0.05, 0.1) is 10.2 Å². The van der Waals surface area contributed by atoms with Gasteiger partial charge in [0.15, 0.2) is 6.10 Å². The van der Waals surface area contributed by atoms with Crippen molar-refractivity contribution in [3.05, 3.63) is 17.3 Å². The van der Waals surface area contributed by atoms with Crippen molar-refractivity contribution in [2.24, 2.45) is 0 Å². The molecule has 3 nitrogen and oxygen atoms in total. The van der Waals surface area contributed by atoms with Gasteiger partial charge in [-0.2, -0.15) is 13.2 Å². The molecule has 0 saturated carbocycles. The summed E-state index contributed by atoms with van der Waals surface area (Å²) in [7, 11) is 0. The second kappa shape index (κ2) is 5.02. The number of aliphatic hydroxyl groups is 1. The van der Waals surface area contributed by atoms with Crippen LogP contribution in [0.2, 0.25) is 0 Å². The average molecular weight is 294 g/mol. The summed E-state index contributed by atoms with van der Waals surface area (Å²) >= 11 is 2.28. The predicted molar refractivity (Wildman–Crippen MR) is 64.9 cm³/mol. The summed E-state index contributed by atoms with van der Waals surface area (Å²) in [5, 5.41) is 11.3. The van der Waals surface area contributed by atoms with Crippen LogP contribution in [0.3, 0.4) is 0 Å². The van der Waals surface area contributed by atoms with Gasteiger partial charge in [0.2, 0.25) is 0 Å². The molecule has 0 fully saturated rings. The number of thiophene rings is 1. The second-order valence-electron chi connectivity index (χ2n) is 3.64. The first kappa shape index (κ1) is 13.6. The van der Waals surface area contributed by atoms with Crippen LogP contribution in [0.5, 0.6) is 0 Å². The molecule has 0 saturated heterocycles. The molecule has 2 aromatic rings. The van der Waals surface area contributed by atoms with Crippen LogP contribution in [0.15, 0.2) is 16.7 Å². The Morgan fingerprint density at radius 2 is 2.17 bits per heavy atom. The molecule has 0 radical (unpaired) electrons. The highest BCUT2D eigenvalue weighted by Crippen LogP contribution is 2.33. The SMILES string of the molecule is Cc1csc2c(SC[C@H](O)C(F)(F)F)ncnc12. The summed E-state index contributed by atoms with van der Waals surface area (Å²) in [5.41, 5.74) is 1.72. The molecule has 18 heavy (non-hydrogen) atoms. The smallest absolute Gasteiger partial charge is 0.383 e. The zero-order valence-electron chi connectivity index (χ0n) is 9.23. The van der Waals surface area contributed by atoms with E-state index in [0.717, 1.165) is 27.5 Å². The lowest BCUT2D eigenvalue weighted by atomic mass is 10.3. The molecule has 98 valence electrons. The summed E-state index contributed by atoms with van der Waals surface area (Å²) in [5.74, 6) is -0.466. The lowest BCUT2D eigenvalue weighted by Crippen LogP contribution is -2.30. The normalized spacial score (nSPS) is 14.1. The highest BCUT2D eigenvalue weighted by atomic mass is 32.2. The molecule has 1 N–H and O–H groups in total. The fraction of sp³-hybridized carbons (Fsp3) is 0.400. The van der Waals surface area contributed by atoms with Crippen molar-refractivity contribution in [3.8, 4) is 0 Å². The number of aromatic nitrogens is 2. The molecule has 0 unspecified atom stereocenters. The topological polar surface area (TPSA) is 46.0 Å². The monoisotopic (exact) mass is 294 g/mol. The van der Waals surface area contributed by atoms with Crippen LogP contribution in [0.1, 0.15) is 5.56 Å². The minimum absolute atomic E-state index is 0.466. The lowest BCUT2D eigenvalue weighted by molar-refractivity contribution is -0.195. The standard InChI is InChI=1S/C10H9F3N2OS2/c1-5-2-17-8-7(5)14-4-15-9(8)18-3-6(16)10(11,12)13/h2,4,6,16H,3H2,1H3/t6-/m0/s1. The highest BCUT2D eigenvalue weighted by molar-refractivity contribution is 7.99. The number of nitrogens with zero attached hydrogens (tertiary/aromatic N) is 2. The number of fused-ring (bicyclic) bond motifs is 1. The van der Waals surface area contributed by atoms with Gasteiger partial charge < -0.3 is 5.11 Å². The number of thioether (sulfide) groups is 1. The third-order valence-corrected chi connectivity index (χ3v) is 4.54. The Labute approximate surface area is 109 Å². The molecule has 0 aromatic carbocycles. The summed E-state index contributed by atoms with van der Waals surface area (Å²) in [6, 6.07) is 0. The van der Waals surface area contributed by atoms with E-state index in [-0.39, 0.29) is 0 Å². The van der Waals surface area contributed by atoms with Crippen molar-refractivity contribution >= 4 is 33.3 Å². The largest absolute Gasteiger partial charge is 0.415 e. The third-order valence-electron chi connectivity index (χ3n) is 2.25. The highest BCUT2D eigenvalue weighted by Gasteiger charge is 2.38. The van der Waals surface area contributed by atoms with Crippen molar-refractivity contribution in [1.29, 1.82) is 0 Å². The van der Waals surface area contributed by atoms with Gasteiger partial charge in [-0.05, 0) is 17.9 Å². The minimum Gasteiger partial charge on any atom is -0.383 e. The van der Waals surface area contributed by atoms with Crippen molar-refractivity contribution in [1.82, 2.24) is 9.97 Å². The Balaban J connectivity index is 2.18. The van der Waals surface area contributed by atoms with E-state index in [4.69, 9.17) is 5.11 Å². The second-order valence-corrected chi connectivity index (χ2v) is 5.53. The number of halogens is 3. The van der Waals surface area contributed by atoms with E-state index in [0.29, 0.717) is 5.03 Å². The molecule has 0 spiro atoms. The van der Waals surface area contributed by atoms with E-state index in [1.54, 1.807) is 0 Å². The van der Waals surface area contributed by atoms with Crippen LogP contribution >= 0.6 is 23.1 Å². The van der Waals surface area contributed by atoms with Gasteiger partial charge >= 0.3 is 6.18 Å². The van der Waals surface area contributed by atoms with Crippen LogP contribution in [0, 0.1) is 6.92 Å². The number of hydrogen-bond donors (Lipinski definition) is 1. The zero-order chi connectivity index (χ0) is 13.3. The fourth-order valence-corrected chi connectivity index (χ4v) is 3.36. The summed E-state index contributed by atoms with van der Waals surface area (Å²) in [6.07, 6.45) is -5.61. The van der Waals surface area contributed by atoms with E-state index in [1.165, 1.54) is 17.7 Å². The Hall–Kier alpha value is -0.860. The first-order chi connectivity index (χ1) is 8.39. The molecule has 0 aliphatic rings. The molecule has 0 aliphatic carbocycles. The first-order valence-corrected chi connectivity index (χ1v) is 6.82. The van der Waals surface area contributed by atoms with Crippen LogP contribution < -0.4 is 0 Å². The molecule has 2 aromatic heterocycles. The fourth-order valence-electron chi connectivity index (χ4n) is 1.30. The zero-order valence-corrected chi connectivity index (χ0v) is 10.9. The third kappa shape index (κ3) is 2.76. The number of aliphatic hydroxyl groups excluding tert-OH is 1. The first-order valence-electron chi connectivity index (χ1n) is 4.96. The van der Waals surface area contributed by atoms with E-state index < -0.39 is 18.0 Å². The molecule has 0 amide bonds. The van der Waals surface area contributed by atoms with Crippen LogP contribution in [0.4, 0.5) is 13.2 Å². The average Bonchev–Trinajstić information content (AvgIpc) is 2.67. The Kier molecular flexibility index (Phi) is 3.79. The van der Waals surface area contributed by atoms with Crippen molar-refractivity contribution in [3.63, 3.8) is 0 Å². The van der Waals surface area contributed by atoms with E-state index in [1.807, 2.05) is 12.3 Å². The molecule has 0 bridgehead atoms. The van der Waals surface area contributed by atoms with Gasteiger partial charge in [-0.15, -0.1) is 23.1 Å². The maximum absolute atomic E-state index is 12.2. The van der Waals surface area contributed by atoms with Crippen LogP contribution in [-0.4, -0.2) is 33.1 Å². The molecule has 1 atom stereocenters. The Bertz CT molecular complexity index is 556. The molecule has 8 heteroatoms. The predicted octanol–water partition coefficient (Wildman–Crippen LogP) is 3.02. The lowest BCUT2D eigenvalue weighted by Gasteiger charge is -2.13. The van der Waals surface area contributed by atoms with Gasteiger partial charge in [0.25, 0.3) is 0 Å². The Morgan fingerprint density at radius 3 is 2.83 bits per heavy atom. The van der Waals surface area contributed by atoms with E-state index >= 15 is 0 Å². The molecular weight excluding hydrogens is 285 g/mol. The van der Waals surface area contributed by atoms with Gasteiger partial charge in [-0.3, -0.25) is 0 Å². The maximum atomic E-state index is 12.2. The van der Waals surface area contributed by atoms with Gasteiger partial charge in [0, 0.05) is 5.75 Å². The molecule has 2 heterocycles. The van der Waals surface area contributed by atoms with E-state index in [2.05, 4.69) is 9.97 Å². The van der Waals surface area contributed by atoms with Gasteiger partial charge in [-0.1, -0.05) is 0 Å². The molecule has 0 aliphatic heterocycles. The van der Waals surface area contributed by atoms with Gasteiger partial charge in [0.1, 0.15) is 11.4 Å². The quantitative estimate of drug-likeness (QED) is 0.698. The number of aryl methyl sites for hydroxylation is 1. The molecule has 2 rings (SSSR count). The summed E-state index contributed by atoms with van der Waals surface area (Å²) in [6.45, 7) is 1.88. The van der Waals surface area contributed by atoms with E-state index in [9.17, 15) is 13.2 Å². The number of rotatable bonds is 3. The minimum atomic E-state index is -4.59. The number of hydrogen-bond acceptors (Lipinski definition) is 5. The maximum Gasteiger partial charge on any atom is 0.415 e. The van der Waals surface area contributed by atoms with Crippen molar-refractivity contribution in [2.45, 2.75) is 24.2 Å².